The summed E-state index contributed by atoms with van der Waals surface area (Å²) < 4.78 is 5.11. The predicted molar refractivity (Wildman–Crippen MR) is 85.3 cm³/mol. The van der Waals surface area contributed by atoms with Gasteiger partial charge < -0.3 is 15.4 Å². The molecule has 2 rings (SSSR count). The predicted octanol–water partition coefficient (Wildman–Crippen LogP) is 3.34. The highest BCUT2D eigenvalue weighted by Crippen LogP contribution is 2.34. The number of hydrogen-bond donors (Lipinski definition) is 1. The van der Waals surface area contributed by atoms with E-state index in [9.17, 15) is 4.79 Å². The topological polar surface area (TPSA) is 55.6 Å². The van der Waals surface area contributed by atoms with E-state index in [1.807, 2.05) is 11.8 Å². The van der Waals surface area contributed by atoms with Crippen LogP contribution < -0.4 is 10.5 Å². The number of nitrogens with zero attached hydrogens (tertiary/aromatic N) is 1. The third-order valence-corrected chi connectivity index (χ3v) is 4.43. The average molecular weight is 331 g/mol. The third kappa shape index (κ3) is 3.44. The first-order valence-electron chi connectivity index (χ1n) is 7.05. The molecular formula is C15H20Cl2N2O2. The Kier molecular flexibility index (Phi) is 5.36. The molecule has 0 saturated carbocycles. The van der Waals surface area contributed by atoms with Gasteiger partial charge in [-0.25, -0.2) is 0 Å². The van der Waals surface area contributed by atoms with Gasteiger partial charge in [0, 0.05) is 24.2 Å². The van der Waals surface area contributed by atoms with Gasteiger partial charge in [0.25, 0.3) is 5.91 Å². The van der Waals surface area contributed by atoms with Crippen LogP contribution in [0.3, 0.4) is 0 Å². The summed E-state index contributed by atoms with van der Waals surface area (Å²) in [5, 5.41) is 0.672. The van der Waals surface area contributed by atoms with E-state index in [0.29, 0.717) is 27.9 Å². The molecule has 0 spiro atoms. The summed E-state index contributed by atoms with van der Waals surface area (Å²) in [6, 6.07) is 3.20. The largest absolute Gasteiger partial charge is 0.494 e. The summed E-state index contributed by atoms with van der Waals surface area (Å²) >= 11 is 12.2. The maximum Gasteiger partial charge on any atom is 0.254 e. The van der Waals surface area contributed by atoms with Gasteiger partial charge in [-0.1, -0.05) is 23.2 Å². The van der Waals surface area contributed by atoms with E-state index < -0.39 is 0 Å². The van der Waals surface area contributed by atoms with Crippen LogP contribution in [0.15, 0.2) is 12.1 Å². The highest BCUT2D eigenvalue weighted by molar-refractivity contribution is 6.37. The second-order valence-corrected chi connectivity index (χ2v) is 6.21. The van der Waals surface area contributed by atoms with E-state index in [-0.39, 0.29) is 18.0 Å². The normalized spacial score (nSPS) is 20.2. The van der Waals surface area contributed by atoms with E-state index >= 15 is 0 Å². The average Bonchev–Trinajstić information content (AvgIpc) is 2.46. The zero-order chi connectivity index (χ0) is 15.6. The molecule has 1 aliphatic rings. The molecule has 1 aliphatic heterocycles. The summed E-state index contributed by atoms with van der Waals surface area (Å²) in [5.74, 6) is 0.306. The molecule has 6 heteroatoms. The van der Waals surface area contributed by atoms with Crippen LogP contribution in [0.25, 0.3) is 0 Å². The summed E-state index contributed by atoms with van der Waals surface area (Å²) in [4.78, 5) is 14.6. The van der Waals surface area contributed by atoms with Gasteiger partial charge in [-0.15, -0.1) is 0 Å². The van der Waals surface area contributed by atoms with Crippen LogP contribution in [0.1, 0.15) is 36.5 Å². The molecule has 0 aromatic heterocycles. The molecule has 0 aliphatic carbocycles. The minimum absolute atomic E-state index is 0.0570. The van der Waals surface area contributed by atoms with Gasteiger partial charge in [-0.3, -0.25) is 4.79 Å². The van der Waals surface area contributed by atoms with Crippen LogP contribution in [0.4, 0.5) is 0 Å². The second kappa shape index (κ2) is 6.86. The van der Waals surface area contributed by atoms with Crippen LogP contribution in [0.2, 0.25) is 10.0 Å². The molecule has 1 amide bonds. The second-order valence-electron chi connectivity index (χ2n) is 5.39. The zero-order valence-electron chi connectivity index (χ0n) is 12.2. The number of nitrogens with two attached hydrogens (primary N) is 1. The van der Waals surface area contributed by atoms with Crippen LogP contribution in [0, 0.1) is 0 Å². The molecule has 21 heavy (non-hydrogen) atoms. The Balaban J connectivity index is 2.30. The Labute approximate surface area is 135 Å². The van der Waals surface area contributed by atoms with Crippen molar-refractivity contribution in [2.45, 2.75) is 38.3 Å². The number of hydrogen-bond acceptors (Lipinski definition) is 3. The highest BCUT2D eigenvalue weighted by atomic mass is 35.5. The molecule has 1 fully saturated rings. The molecule has 0 unspecified atom stereocenters. The van der Waals surface area contributed by atoms with Gasteiger partial charge in [-0.05, 0) is 38.3 Å². The fraction of sp³-hybridized carbons (Fsp3) is 0.533. The molecule has 4 nitrogen and oxygen atoms in total. The molecule has 1 saturated heterocycles. The van der Waals surface area contributed by atoms with Crippen LogP contribution in [-0.2, 0) is 0 Å². The number of carbonyl (C=O) groups excluding carboxylic acids is 1. The number of amides is 1. The Morgan fingerprint density at radius 3 is 2.52 bits per heavy atom. The number of rotatable bonds is 3. The Morgan fingerprint density at radius 1 is 1.38 bits per heavy atom. The van der Waals surface area contributed by atoms with Gasteiger partial charge in [0.05, 0.1) is 17.2 Å². The molecule has 1 aromatic rings. The highest BCUT2D eigenvalue weighted by Gasteiger charge is 2.30. The minimum Gasteiger partial charge on any atom is -0.494 e. The van der Waals surface area contributed by atoms with E-state index in [1.165, 1.54) is 7.11 Å². The van der Waals surface area contributed by atoms with Crippen molar-refractivity contribution in [3.8, 4) is 5.75 Å². The number of likely N-dealkylation sites (tertiary alicyclic amines) is 1. The van der Waals surface area contributed by atoms with E-state index in [4.69, 9.17) is 33.7 Å². The van der Waals surface area contributed by atoms with E-state index in [1.54, 1.807) is 12.1 Å². The molecule has 0 bridgehead atoms. The van der Waals surface area contributed by atoms with E-state index in [2.05, 4.69) is 0 Å². The Hall–Kier alpha value is -0.970. The number of piperidine rings is 1. The smallest absolute Gasteiger partial charge is 0.254 e. The summed E-state index contributed by atoms with van der Waals surface area (Å²) in [6.45, 7) is 2.65. The first-order chi connectivity index (χ1) is 9.95. The lowest BCUT2D eigenvalue weighted by Gasteiger charge is -2.38. The number of carbonyl (C=O) groups is 1. The number of halogens is 2. The van der Waals surface area contributed by atoms with Crippen molar-refractivity contribution in [2.24, 2.45) is 5.73 Å². The molecule has 2 atom stereocenters. The molecule has 116 valence electrons. The standard InChI is InChI=1S/C15H20Cl2N2O2/c1-9(18)13-5-3-4-6-19(13)15(20)10-7-11(16)14(21-2)12(17)8-10/h7-9,13H,3-6,18H2,1-2H3/t9-,13+/m0/s1. The van der Waals surface area contributed by atoms with Gasteiger partial charge >= 0.3 is 0 Å². The maximum atomic E-state index is 12.7. The van der Waals surface area contributed by atoms with Gasteiger partial charge in [-0.2, -0.15) is 0 Å². The first kappa shape index (κ1) is 16.4. The monoisotopic (exact) mass is 330 g/mol. The van der Waals surface area contributed by atoms with Crippen molar-refractivity contribution in [3.63, 3.8) is 0 Å². The van der Waals surface area contributed by atoms with Crippen molar-refractivity contribution in [3.05, 3.63) is 27.7 Å². The number of benzene rings is 1. The van der Waals surface area contributed by atoms with Gasteiger partial charge in [0.1, 0.15) is 0 Å². The number of ether oxygens (including phenoxy) is 1. The van der Waals surface area contributed by atoms with E-state index in [0.717, 1.165) is 19.3 Å². The van der Waals surface area contributed by atoms with Crippen LogP contribution in [0.5, 0.6) is 5.75 Å². The summed E-state index contributed by atoms with van der Waals surface area (Å²) in [6.07, 6.45) is 3.02. The van der Waals surface area contributed by atoms with Crippen LogP contribution >= 0.6 is 23.2 Å². The zero-order valence-corrected chi connectivity index (χ0v) is 13.7. The Bertz CT molecular complexity index is 511. The number of methoxy groups -OCH3 is 1. The quantitative estimate of drug-likeness (QED) is 0.924. The van der Waals surface area contributed by atoms with Crippen LogP contribution in [-0.4, -0.2) is 36.5 Å². The summed E-state index contributed by atoms with van der Waals surface area (Å²) in [7, 11) is 1.49. The molecule has 1 aromatic carbocycles. The lowest BCUT2D eigenvalue weighted by Crippen LogP contribution is -2.51. The van der Waals surface area contributed by atoms with Gasteiger partial charge in [0.15, 0.2) is 5.75 Å². The molecule has 1 heterocycles. The maximum absolute atomic E-state index is 12.7. The lowest BCUT2D eigenvalue weighted by molar-refractivity contribution is 0.0584. The Morgan fingerprint density at radius 2 is 2.00 bits per heavy atom. The fourth-order valence-electron chi connectivity index (χ4n) is 2.80. The summed E-state index contributed by atoms with van der Waals surface area (Å²) in [5.41, 5.74) is 6.48. The van der Waals surface area contributed by atoms with Crippen molar-refractivity contribution in [2.75, 3.05) is 13.7 Å². The molecular weight excluding hydrogens is 311 g/mol. The van der Waals surface area contributed by atoms with Crippen molar-refractivity contribution in [1.29, 1.82) is 0 Å². The molecule has 0 radical (unpaired) electrons. The minimum atomic E-state index is -0.0801. The SMILES string of the molecule is COc1c(Cl)cc(C(=O)N2CCCC[C@@H]2[C@H](C)N)cc1Cl. The first-order valence-corrected chi connectivity index (χ1v) is 7.81. The van der Waals surface area contributed by atoms with Crippen molar-refractivity contribution < 1.29 is 9.53 Å². The molecule has 2 N–H and O–H groups in total. The lowest BCUT2D eigenvalue weighted by atomic mass is 9.96. The fourth-order valence-corrected chi connectivity index (χ4v) is 3.44. The van der Waals surface area contributed by atoms with Crippen molar-refractivity contribution >= 4 is 29.1 Å². The van der Waals surface area contributed by atoms with Gasteiger partial charge in [0.2, 0.25) is 0 Å². The third-order valence-electron chi connectivity index (χ3n) is 3.87. The van der Waals surface area contributed by atoms with Crippen molar-refractivity contribution in [1.82, 2.24) is 4.90 Å².